The molecule has 0 aliphatic heterocycles. The first kappa shape index (κ1) is 17.8. The van der Waals surface area contributed by atoms with Crippen molar-refractivity contribution >= 4 is 26.9 Å². The van der Waals surface area contributed by atoms with Crippen molar-refractivity contribution in [3.05, 3.63) is 76.1 Å². The SMILES string of the molecule is CN(Cc1ccccc1)S(=O)(=O)c1ccc2[nH]cc(C(=O)O)c(=O)c2c1. The van der Waals surface area contributed by atoms with E-state index in [0.29, 0.717) is 5.52 Å². The Morgan fingerprint density at radius 2 is 1.85 bits per heavy atom. The summed E-state index contributed by atoms with van der Waals surface area (Å²) in [5, 5.41) is 9.07. The van der Waals surface area contributed by atoms with E-state index < -0.39 is 27.0 Å². The summed E-state index contributed by atoms with van der Waals surface area (Å²) in [6, 6.07) is 13.1. The number of aromatic carboxylic acids is 1. The summed E-state index contributed by atoms with van der Waals surface area (Å²) in [6.45, 7) is 0.173. The molecular weight excluding hydrogens is 356 g/mol. The second-order valence-electron chi connectivity index (χ2n) is 5.79. The van der Waals surface area contributed by atoms with Crippen LogP contribution in [0.3, 0.4) is 0 Å². The molecule has 0 bridgehead atoms. The van der Waals surface area contributed by atoms with Crippen LogP contribution in [0.4, 0.5) is 0 Å². The lowest BCUT2D eigenvalue weighted by atomic mass is 10.1. The van der Waals surface area contributed by atoms with Crippen LogP contribution in [-0.2, 0) is 16.6 Å². The van der Waals surface area contributed by atoms with Crippen LogP contribution in [0.2, 0.25) is 0 Å². The Hall–Kier alpha value is -2.97. The Morgan fingerprint density at radius 3 is 2.50 bits per heavy atom. The Balaban J connectivity index is 2.04. The van der Waals surface area contributed by atoms with Crippen molar-refractivity contribution in [2.24, 2.45) is 0 Å². The number of hydrogen-bond acceptors (Lipinski definition) is 4. The van der Waals surface area contributed by atoms with Crippen molar-refractivity contribution in [1.29, 1.82) is 0 Å². The molecule has 26 heavy (non-hydrogen) atoms. The molecule has 0 aliphatic carbocycles. The molecule has 0 unspecified atom stereocenters. The molecule has 0 saturated carbocycles. The number of rotatable bonds is 5. The molecule has 0 atom stereocenters. The topological polar surface area (TPSA) is 108 Å². The third-order valence-corrected chi connectivity index (χ3v) is 5.84. The second kappa shape index (κ2) is 6.74. The van der Waals surface area contributed by atoms with E-state index in [1.54, 1.807) is 0 Å². The van der Waals surface area contributed by atoms with Crippen molar-refractivity contribution < 1.29 is 18.3 Å². The molecule has 0 radical (unpaired) electrons. The minimum absolute atomic E-state index is 0.0130. The molecule has 0 spiro atoms. The first-order chi connectivity index (χ1) is 12.3. The monoisotopic (exact) mass is 372 g/mol. The molecule has 1 heterocycles. The quantitative estimate of drug-likeness (QED) is 0.713. The van der Waals surface area contributed by atoms with E-state index in [0.717, 1.165) is 11.8 Å². The predicted octanol–water partition coefficient (Wildman–Crippen LogP) is 2.05. The number of carbonyl (C=O) groups is 1. The Morgan fingerprint density at radius 1 is 1.15 bits per heavy atom. The Kier molecular flexibility index (Phi) is 4.62. The molecule has 0 aliphatic rings. The van der Waals surface area contributed by atoms with Crippen LogP contribution in [0.5, 0.6) is 0 Å². The van der Waals surface area contributed by atoms with Crippen molar-refractivity contribution in [3.63, 3.8) is 0 Å². The van der Waals surface area contributed by atoms with Gasteiger partial charge < -0.3 is 10.1 Å². The van der Waals surface area contributed by atoms with Crippen LogP contribution in [-0.4, -0.2) is 35.8 Å². The van der Waals surface area contributed by atoms with Gasteiger partial charge in [0, 0.05) is 30.7 Å². The van der Waals surface area contributed by atoms with Crippen molar-refractivity contribution in [2.45, 2.75) is 11.4 Å². The first-order valence-corrected chi connectivity index (χ1v) is 9.14. The lowest BCUT2D eigenvalue weighted by Gasteiger charge is -2.17. The maximum atomic E-state index is 12.8. The summed E-state index contributed by atoms with van der Waals surface area (Å²) in [7, 11) is -2.40. The van der Waals surface area contributed by atoms with Gasteiger partial charge in [0.2, 0.25) is 15.5 Å². The molecule has 3 rings (SSSR count). The van der Waals surface area contributed by atoms with Gasteiger partial charge in [-0.3, -0.25) is 4.79 Å². The largest absolute Gasteiger partial charge is 0.477 e. The van der Waals surface area contributed by atoms with Gasteiger partial charge in [0.05, 0.1) is 4.90 Å². The highest BCUT2D eigenvalue weighted by Crippen LogP contribution is 2.20. The fourth-order valence-corrected chi connectivity index (χ4v) is 3.81. The van der Waals surface area contributed by atoms with Crippen molar-refractivity contribution in [3.8, 4) is 0 Å². The van der Waals surface area contributed by atoms with E-state index in [-0.39, 0.29) is 16.8 Å². The number of carboxylic acid groups (broad SMARTS) is 1. The van der Waals surface area contributed by atoms with Gasteiger partial charge in [0.1, 0.15) is 5.56 Å². The lowest BCUT2D eigenvalue weighted by Crippen LogP contribution is -2.26. The van der Waals surface area contributed by atoms with E-state index >= 15 is 0 Å². The standard InChI is InChI=1S/C18H16N2O5S/c1-20(11-12-5-3-2-4-6-12)26(24,25)13-7-8-16-14(9-13)17(21)15(10-19-16)18(22)23/h2-10H,11H2,1H3,(H,19,21)(H,22,23). The second-order valence-corrected chi connectivity index (χ2v) is 7.84. The van der Waals surface area contributed by atoms with Crippen LogP contribution in [0, 0.1) is 0 Å². The van der Waals surface area contributed by atoms with Gasteiger partial charge in [-0.15, -0.1) is 0 Å². The van der Waals surface area contributed by atoms with E-state index in [2.05, 4.69) is 4.98 Å². The van der Waals surface area contributed by atoms with E-state index in [1.165, 1.54) is 29.6 Å². The summed E-state index contributed by atoms with van der Waals surface area (Å²) in [5.74, 6) is -1.37. The summed E-state index contributed by atoms with van der Waals surface area (Å²) >= 11 is 0. The fraction of sp³-hybridized carbons (Fsp3) is 0.111. The minimum atomic E-state index is -3.85. The van der Waals surface area contributed by atoms with E-state index in [9.17, 15) is 18.0 Å². The molecule has 8 heteroatoms. The van der Waals surface area contributed by atoms with Crippen LogP contribution in [0.15, 0.2) is 64.4 Å². The van der Waals surface area contributed by atoms with Crippen LogP contribution >= 0.6 is 0 Å². The number of benzene rings is 2. The van der Waals surface area contributed by atoms with Gasteiger partial charge in [0.25, 0.3) is 0 Å². The molecule has 2 N–H and O–H groups in total. The van der Waals surface area contributed by atoms with Crippen molar-refractivity contribution in [2.75, 3.05) is 7.05 Å². The number of pyridine rings is 1. The zero-order valence-electron chi connectivity index (χ0n) is 13.8. The number of hydrogen-bond donors (Lipinski definition) is 2. The predicted molar refractivity (Wildman–Crippen MR) is 96.6 cm³/mol. The molecule has 0 saturated heterocycles. The number of aromatic amines is 1. The first-order valence-electron chi connectivity index (χ1n) is 7.69. The summed E-state index contributed by atoms with van der Waals surface area (Å²) < 4.78 is 26.8. The smallest absolute Gasteiger partial charge is 0.341 e. The summed E-state index contributed by atoms with van der Waals surface area (Å²) in [6.07, 6.45) is 1.10. The van der Waals surface area contributed by atoms with Gasteiger partial charge in [-0.25, -0.2) is 13.2 Å². The molecule has 0 fully saturated rings. The number of nitrogens with zero attached hydrogens (tertiary/aromatic N) is 1. The maximum Gasteiger partial charge on any atom is 0.341 e. The third kappa shape index (κ3) is 3.24. The summed E-state index contributed by atoms with van der Waals surface area (Å²) in [5.41, 5.74) is 0.0220. The lowest BCUT2D eigenvalue weighted by molar-refractivity contribution is 0.0695. The zero-order chi connectivity index (χ0) is 18.9. The van der Waals surface area contributed by atoms with Crippen LogP contribution in [0.25, 0.3) is 10.9 Å². The maximum absolute atomic E-state index is 12.8. The highest BCUT2D eigenvalue weighted by Gasteiger charge is 2.22. The van der Waals surface area contributed by atoms with Gasteiger partial charge in [-0.1, -0.05) is 30.3 Å². The normalized spacial score (nSPS) is 11.8. The molecule has 3 aromatic rings. The molecule has 1 aromatic heterocycles. The number of aromatic nitrogens is 1. The fourth-order valence-electron chi connectivity index (χ4n) is 2.62. The van der Waals surface area contributed by atoms with E-state index in [4.69, 9.17) is 5.11 Å². The number of fused-ring (bicyclic) bond motifs is 1. The third-order valence-electron chi connectivity index (χ3n) is 4.04. The van der Waals surface area contributed by atoms with Gasteiger partial charge >= 0.3 is 5.97 Å². The van der Waals surface area contributed by atoms with Crippen LogP contribution < -0.4 is 5.43 Å². The number of nitrogens with one attached hydrogen (secondary N) is 1. The van der Waals surface area contributed by atoms with Gasteiger partial charge in [0.15, 0.2) is 0 Å². The highest BCUT2D eigenvalue weighted by atomic mass is 32.2. The van der Waals surface area contributed by atoms with Crippen LogP contribution in [0.1, 0.15) is 15.9 Å². The van der Waals surface area contributed by atoms with Gasteiger partial charge in [-0.05, 0) is 23.8 Å². The number of carboxylic acids is 1. The molecule has 134 valence electrons. The molecule has 0 amide bonds. The number of sulfonamides is 1. The Labute approximate surface area is 149 Å². The summed E-state index contributed by atoms with van der Waals surface area (Å²) in [4.78, 5) is 26.0. The van der Waals surface area contributed by atoms with Crippen molar-refractivity contribution in [1.82, 2.24) is 9.29 Å². The van der Waals surface area contributed by atoms with E-state index in [1.807, 2.05) is 30.3 Å². The molecular formula is C18H16N2O5S. The minimum Gasteiger partial charge on any atom is -0.477 e. The average molecular weight is 372 g/mol. The zero-order valence-corrected chi connectivity index (χ0v) is 14.7. The van der Waals surface area contributed by atoms with Gasteiger partial charge in [-0.2, -0.15) is 4.31 Å². The highest BCUT2D eigenvalue weighted by molar-refractivity contribution is 7.89. The molecule has 7 nitrogen and oxygen atoms in total. The Bertz CT molecular complexity index is 1140. The average Bonchev–Trinajstić information content (AvgIpc) is 2.62. The molecule has 2 aromatic carbocycles. The number of H-pyrrole nitrogens is 1.